The molecule has 13 heteroatoms. The van der Waals surface area contributed by atoms with Gasteiger partial charge in [0, 0.05) is 74.4 Å². The van der Waals surface area contributed by atoms with Crippen LogP contribution in [0.4, 0.5) is 23.8 Å². The van der Waals surface area contributed by atoms with Crippen LogP contribution in [0.3, 0.4) is 0 Å². The lowest BCUT2D eigenvalue weighted by Crippen LogP contribution is -2.46. The van der Waals surface area contributed by atoms with E-state index >= 15 is 0 Å². The third kappa shape index (κ3) is 10.1. The lowest BCUT2D eigenvalue weighted by atomic mass is 9.98. The van der Waals surface area contributed by atoms with Crippen molar-refractivity contribution in [2.75, 3.05) is 31.1 Å². The van der Waals surface area contributed by atoms with Crippen molar-refractivity contribution in [1.29, 1.82) is 0 Å². The third-order valence-corrected chi connectivity index (χ3v) is 8.45. The summed E-state index contributed by atoms with van der Waals surface area (Å²) < 4.78 is 46.7. The van der Waals surface area contributed by atoms with Crippen molar-refractivity contribution in [3.63, 3.8) is 0 Å². The number of hydrogen-bond donors (Lipinski definition) is 2. The molecule has 2 amide bonds. The number of nitrogens with zero attached hydrogens (tertiary/aromatic N) is 4. The van der Waals surface area contributed by atoms with Gasteiger partial charge >= 0.3 is 12.5 Å². The lowest BCUT2D eigenvalue weighted by Gasteiger charge is -2.34. The molecule has 2 aliphatic rings. The number of aromatic nitrogens is 2. The Hall–Kier alpha value is -4.39. The smallest absolute Gasteiger partial charge is 0.444 e. The van der Waals surface area contributed by atoms with Crippen molar-refractivity contribution in [1.82, 2.24) is 25.5 Å². The second-order valence-electron chi connectivity index (χ2n) is 13.4. The number of likely N-dealkylation sites (tertiary alicyclic amines) is 1. The molecule has 0 unspecified atom stereocenters. The summed E-state index contributed by atoms with van der Waals surface area (Å²) in [6, 6.07) is 12.2. The number of carbonyl (C=O) groups excluding carboxylic acids is 2. The summed E-state index contributed by atoms with van der Waals surface area (Å²) in [5.41, 5.74) is 3.25. The van der Waals surface area contributed by atoms with Crippen molar-refractivity contribution in [3.05, 3.63) is 71.5 Å². The van der Waals surface area contributed by atoms with Gasteiger partial charge in [0.25, 0.3) is 5.91 Å². The first-order valence-corrected chi connectivity index (χ1v) is 16.3. The largest absolute Gasteiger partial charge is 0.574 e. The predicted octanol–water partition coefficient (Wildman–Crippen LogP) is 6.24. The normalized spacial score (nSPS) is 16.8. The number of aryl methyl sites for hydroxylation is 1. The van der Waals surface area contributed by atoms with Crippen LogP contribution in [0.15, 0.2) is 54.9 Å². The van der Waals surface area contributed by atoms with Crippen molar-refractivity contribution >= 4 is 17.8 Å². The Morgan fingerprint density at radius 1 is 0.875 bits per heavy atom. The van der Waals surface area contributed by atoms with Crippen molar-refractivity contribution in [2.24, 2.45) is 0 Å². The van der Waals surface area contributed by atoms with Gasteiger partial charge in [-0.1, -0.05) is 12.1 Å². The molecule has 2 fully saturated rings. The molecule has 0 atom stereocenters. The van der Waals surface area contributed by atoms with Gasteiger partial charge in [0.2, 0.25) is 5.88 Å². The maximum atomic E-state index is 13.1. The number of rotatable bonds is 8. The molecule has 0 aliphatic carbocycles. The maximum Gasteiger partial charge on any atom is 0.574 e. The molecule has 2 saturated heterocycles. The number of halogens is 3. The number of benzene rings is 1. The summed E-state index contributed by atoms with van der Waals surface area (Å²) in [5, 5.41) is 6.12. The van der Waals surface area contributed by atoms with Gasteiger partial charge in [0.1, 0.15) is 11.4 Å². The van der Waals surface area contributed by atoms with Gasteiger partial charge in [0.15, 0.2) is 0 Å². The molecule has 5 rings (SSSR count). The molecule has 0 bridgehead atoms. The zero-order valence-corrected chi connectivity index (χ0v) is 27.8. The van der Waals surface area contributed by atoms with Crippen LogP contribution >= 0.6 is 0 Å². The van der Waals surface area contributed by atoms with Gasteiger partial charge in [-0.2, -0.15) is 0 Å². The van der Waals surface area contributed by atoms with Crippen LogP contribution in [0, 0.1) is 6.92 Å². The maximum absolute atomic E-state index is 13.1. The molecule has 0 spiro atoms. The van der Waals surface area contributed by atoms with Gasteiger partial charge in [0.05, 0.1) is 0 Å². The molecule has 3 aromatic rings. The van der Waals surface area contributed by atoms with Crippen molar-refractivity contribution in [3.8, 4) is 17.0 Å². The molecule has 2 aromatic heterocycles. The molecule has 258 valence electrons. The number of hydrogen-bond acceptors (Lipinski definition) is 8. The highest BCUT2D eigenvalue weighted by Crippen LogP contribution is 2.28. The molecule has 10 nitrogen and oxygen atoms in total. The van der Waals surface area contributed by atoms with Crippen molar-refractivity contribution in [2.45, 2.75) is 84.0 Å². The molecule has 0 saturated carbocycles. The quantitative estimate of drug-likeness (QED) is 0.291. The summed E-state index contributed by atoms with van der Waals surface area (Å²) in [5.74, 6) is 0.198. The number of anilines is 1. The molecular formula is C35H43F3N6O4. The Bertz CT molecular complexity index is 1540. The second-order valence-corrected chi connectivity index (χ2v) is 13.4. The summed E-state index contributed by atoms with van der Waals surface area (Å²) in [6.07, 6.45) is 1.33. The first kappa shape index (κ1) is 34.9. The average Bonchev–Trinajstić information content (AvgIpc) is 3.02. The molecule has 2 aliphatic heterocycles. The molecule has 4 heterocycles. The van der Waals surface area contributed by atoms with Crippen LogP contribution in [0.5, 0.6) is 5.88 Å². The minimum absolute atomic E-state index is 0.0345. The standard InChI is InChI=1S/C35H43F3N6O4/c1-23-5-7-25(19-29(23)26-8-10-31(40-21-26)47-35(36,37)38)32(45)41-27-11-15-43(16-12-27)22-24-6-9-30(39-20-24)44-17-13-28(14-18-44)42-33(46)48-34(2,3)4/h5-10,19-21,27-28H,11-18,22H2,1-4H3,(H,41,45)(H,42,46). The zero-order valence-electron chi connectivity index (χ0n) is 27.8. The number of alkyl halides is 3. The van der Waals surface area contributed by atoms with Gasteiger partial charge in [-0.25, -0.2) is 14.8 Å². The van der Waals surface area contributed by atoms with E-state index in [2.05, 4.69) is 42.3 Å². The van der Waals surface area contributed by atoms with Crippen LogP contribution in [0.1, 0.15) is 67.9 Å². The first-order valence-electron chi connectivity index (χ1n) is 16.3. The number of amides is 2. The first-order chi connectivity index (χ1) is 22.7. The fraction of sp³-hybridized carbons (Fsp3) is 0.486. The van der Waals surface area contributed by atoms with Crippen LogP contribution in [-0.4, -0.2) is 77.1 Å². The Morgan fingerprint density at radius 3 is 2.17 bits per heavy atom. The summed E-state index contributed by atoms with van der Waals surface area (Å²) in [4.78, 5) is 38.3. The van der Waals surface area contributed by atoms with E-state index in [0.29, 0.717) is 16.7 Å². The van der Waals surface area contributed by atoms with E-state index in [1.807, 2.05) is 40.0 Å². The number of ether oxygens (including phenoxy) is 2. The van der Waals surface area contributed by atoms with E-state index in [-0.39, 0.29) is 24.1 Å². The van der Waals surface area contributed by atoms with E-state index < -0.39 is 17.8 Å². The Morgan fingerprint density at radius 2 is 1.56 bits per heavy atom. The van der Waals surface area contributed by atoms with E-state index in [1.54, 1.807) is 12.1 Å². The molecule has 48 heavy (non-hydrogen) atoms. The van der Waals surface area contributed by atoms with E-state index in [1.165, 1.54) is 12.3 Å². The molecular weight excluding hydrogens is 625 g/mol. The van der Waals surface area contributed by atoms with Crippen LogP contribution in [0.25, 0.3) is 11.1 Å². The van der Waals surface area contributed by atoms with Gasteiger partial charge in [-0.3, -0.25) is 9.69 Å². The van der Waals surface area contributed by atoms with Crippen LogP contribution in [0.2, 0.25) is 0 Å². The molecule has 2 N–H and O–H groups in total. The number of carbonyl (C=O) groups is 2. The van der Waals surface area contributed by atoms with E-state index in [9.17, 15) is 22.8 Å². The topological polar surface area (TPSA) is 109 Å². The number of pyridine rings is 2. The highest BCUT2D eigenvalue weighted by Gasteiger charge is 2.32. The van der Waals surface area contributed by atoms with Crippen LogP contribution in [-0.2, 0) is 11.3 Å². The number of alkyl carbamates (subject to hydrolysis) is 1. The zero-order chi connectivity index (χ0) is 34.5. The minimum Gasteiger partial charge on any atom is -0.444 e. The van der Waals surface area contributed by atoms with Crippen LogP contribution < -0.4 is 20.3 Å². The minimum atomic E-state index is -4.81. The number of nitrogens with one attached hydrogen (secondary N) is 2. The fourth-order valence-corrected chi connectivity index (χ4v) is 5.98. The average molecular weight is 669 g/mol. The Kier molecular flexibility index (Phi) is 10.8. The Balaban J connectivity index is 1.06. The molecule has 1 aromatic carbocycles. The SMILES string of the molecule is Cc1ccc(C(=O)NC2CCN(Cc3ccc(N4CCC(NC(=O)OC(C)(C)C)CC4)nc3)CC2)cc1-c1ccc(OC(F)(F)F)nc1. The Labute approximate surface area is 279 Å². The third-order valence-electron chi connectivity index (χ3n) is 8.45. The summed E-state index contributed by atoms with van der Waals surface area (Å²) >= 11 is 0. The fourth-order valence-electron chi connectivity index (χ4n) is 5.98. The van der Waals surface area contributed by atoms with E-state index in [0.717, 1.165) is 81.4 Å². The van der Waals surface area contributed by atoms with Gasteiger partial charge in [-0.15, -0.1) is 13.2 Å². The molecule has 0 radical (unpaired) electrons. The van der Waals surface area contributed by atoms with Crippen molar-refractivity contribution < 1.29 is 32.2 Å². The van der Waals surface area contributed by atoms with Gasteiger partial charge in [-0.05, 0) is 94.3 Å². The monoisotopic (exact) mass is 668 g/mol. The van der Waals surface area contributed by atoms with E-state index in [4.69, 9.17) is 9.72 Å². The highest BCUT2D eigenvalue weighted by atomic mass is 19.4. The summed E-state index contributed by atoms with van der Waals surface area (Å²) in [7, 11) is 0. The lowest BCUT2D eigenvalue weighted by molar-refractivity contribution is -0.276. The number of piperidine rings is 2. The van der Waals surface area contributed by atoms with Gasteiger partial charge < -0.3 is 25.0 Å². The second kappa shape index (κ2) is 14.8. The predicted molar refractivity (Wildman–Crippen MR) is 176 cm³/mol. The summed E-state index contributed by atoms with van der Waals surface area (Å²) in [6.45, 7) is 11.5. The highest BCUT2D eigenvalue weighted by molar-refractivity contribution is 5.96.